The van der Waals surface area contributed by atoms with E-state index in [1.807, 2.05) is 0 Å². The largest absolute Gasteiger partial charge is 0.496 e. The third-order valence-electron chi connectivity index (χ3n) is 4.80. The Morgan fingerprint density at radius 2 is 1.79 bits per heavy atom. The van der Waals surface area contributed by atoms with Crippen LogP contribution in [0, 0.1) is 0 Å². The van der Waals surface area contributed by atoms with Crippen molar-refractivity contribution in [2.75, 3.05) is 7.11 Å². The molecule has 0 bridgehead atoms. The summed E-state index contributed by atoms with van der Waals surface area (Å²) in [7, 11) is 1.64. The molecule has 2 aliphatic carbocycles. The molecule has 19 heavy (non-hydrogen) atoms. The maximum absolute atomic E-state index is 11.7. The van der Waals surface area contributed by atoms with Gasteiger partial charge in [-0.3, -0.25) is 4.79 Å². The number of carboxylic acid groups (broad SMARTS) is 1. The Balaban J connectivity index is 2.11. The van der Waals surface area contributed by atoms with Crippen molar-refractivity contribution in [2.45, 2.75) is 50.4 Å². The molecule has 1 aromatic rings. The maximum atomic E-state index is 11.7. The van der Waals surface area contributed by atoms with Crippen molar-refractivity contribution >= 4 is 5.97 Å². The van der Waals surface area contributed by atoms with Gasteiger partial charge in [0.2, 0.25) is 0 Å². The Hall–Kier alpha value is -1.51. The van der Waals surface area contributed by atoms with Gasteiger partial charge in [-0.15, -0.1) is 0 Å². The van der Waals surface area contributed by atoms with Crippen LogP contribution in [0.25, 0.3) is 0 Å². The normalized spacial score (nSPS) is 20.3. The highest BCUT2D eigenvalue weighted by Crippen LogP contribution is 2.48. The second-order valence-electron chi connectivity index (χ2n) is 5.77. The van der Waals surface area contributed by atoms with Crippen LogP contribution in [-0.4, -0.2) is 18.2 Å². The fourth-order valence-corrected chi connectivity index (χ4v) is 3.43. The number of rotatable bonds is 3. The monoisotopic (exact) mass is 260 g/mol. The van der Waals surface area contributed by atoms with Crippen LogP contribution >= 0.6 is 0 Å². The first-order valence-corrected chi connectivity index (χ1v) is 7.11. The predicted octanol–water partition coefficient (Wildman–Crippen LogP) is 3.08. The van der Waals surface area contributed by atoms with Crippen molar-refractivity contribution < 1.29 is 14.6 Å². The Labute approximate surface area is 113 Å². The van der Waals surface area contributed by atoms with E-state index in [-0.39, 0.29) is 0 Å². The smallest absolute Gasteiger partial charge is 0.314 e. The average Bonchev–Trinajstić information content (AvgIpc) is 2.36. The quantitative estimate of drug-likeness (QED) is 0.908. The van der Waals surface area contributed by atoms with Gasteiger partial charge in [0.15, 0.2) is 0 Å². The summed E-state index contributed by atoms with van der Waals surface area (Å²) in [5.74, 6) is 0.0653. The van der Waals surface area contributed by atoms with E-state index in [1.54, 1.807) is 7.11 Å². The second-order valence-corrected chi connectivity index (χ2v) is 5.77. The minimum absolute atomic E-state index is 0.697. The summed E-state index contributed by atoms with van der Waals surface area (Å²) >= 11 is 0. The lowest BCUT2D eigenvalue weighted by Gasteiger charge is -2.39. The molecule has 0 heterocycles. The van der Waals surface area contributed by atoms with Crippen molar-refractivity contribution in [1.29, 1.82) is 0 Å². The predicted molar refractivity (Wildman–Crippen MR) is 72.8 cm³/mol. The molecule has 0 radical (unpaired) electrons. The molecule has 0 aliphatic heterocycles. The van der Waals surface area contributed by atoms with E-state index >= 15 is 0 Å². The zero-order chi connectivity index (χ0) is 13.5. The lowest BCUT2D eigenvalue weighted by molar-refractivity contribution is -0.147. The van der Waals surface area contributed by atoms with Crippen LogP contribution in [-0.2, 0) is 23.1 Å². The van der Waals surface area contributed by atoms with Gasteiger partial charge in [-0.25, -0.2) is 0 Å². The molecule has 1 saturated carbocycles. The molecule has 3 rings (SSSR count). The molecule has 2 aliphatic rings. The summed E-state index contributed by atoms with van der Waals surface area (Å²) in [5, 5.41) is 9.61. The number of fused-ring (bicyclic) bond motifs is 1. The summed E-state index contributed by atoms with van der Waals surface area (Å²) in [6, 6.07) is 4.19. The molecule has 0 amide bonds. The van der Waals surface area contributed by atoms with Crippen LogP contribution < -0.4 is 4.74 Å². The molecule has 0 spiro atoms. The van der Waals surface area contributed by atoms with Crippen LogP contribution in [0.2, 0.25) is 0 Å². The number of methoxy groups -OCH3 is 1. The third kappa shape index (κ3) is 1.83. The lowest BCUT2D eigenvalue weighted by Crippen LogP contribution is -2.42. The number of benzene rings is 1. The second kappa shape index (κ2) is 4.55. The Kier molecular flexibility index (Phi) is 3.00. The van der Waals surface area contributed by atoms with E-state index in [1.165, 1.54) is 24.0 Å². The standard InChI is InChI=1S/C16H20O3/c1-19-14-10-12-6-3-2-5-11(12)9-13(14)16(15(17)18)7-4-8-16/h9-10H,2-8H2,1H3,(H,17,18). The summed E-state index contributed by atoms with van der Waals surface area (Å²) in [6.45, 7) is 0. The van der Waals surface area contributed by atoms with Gasteiger partial charge in [0.05, 0.1) is 12.5 Å². The van der Waals surface area contributed by atoms with E-state index in [0.717, 1.165) is 43.4 Å². The maximum Gasteiger partial charge on any atom is 0.314 e. The van der Waals surface area contributed by atoms with Crippen LogP contribution in [0.3, 0.4) is 0 Å². The average molecular weight is 260 g/mol. The molecule has 3 nitrogen and oxygen atoms in total. The summed E-state index contributed by atoms with van der Waals surface area (Å²) in [4.78, 5) is 11.7. The fourth-order valence-electron chi connectivity index (χ4n) is 3.43. The minimum Gasteiger partial charge on any atom is -0.496 e. The highest BCUT2D eigenvalue weighted by atomic mass is 16.5. The molecule has 1 fully saturated rings. The first-order chi connectivity index (χ1) is 9.17. The molecule has 0 unspecified atom stereocenters. The van der Waals surface area contributed by atoms with Gasteiger partial charge in [-0.1, -0.05) is 12.5 Å². The number of hydrogen-bond donors (Lipinski definition) is 1. The first kappa shape index (κ1) is 12.5. The van der Waals surface area contributed by atoms with Crippen molar-refractivity contribution in [3.8, 4) is 5.75 Å². The molecule has 102 valence electrons. The van der Waals surface area contributed by atoms with Crippen molar-refractivity contribution in [3.63, 3.8) is 0 Å². The molecule has 0 aromatic heterocycles. The number of carbonyl (C=O) groups is 1. The minimum atomic E-state index is -0.701. The van der Waals surface area contributed by atoms with E-state index in [4.69, 9.17) is 4.74 Å². The molecule has 3 heteroatoms. The van der Waals surface area contributed by atoms with E-state index in [9.17, 15) is 9.90 Å². The van der Waals surface area contributed by atoms with Gasteiger partial charge in [0.1, 0.15) is 5.75 Å². The van der Waals surface area contributed by atoms with Crippen molar-refractivity contribution in [3.05, 3.63) is 28.8 Å². The van der Waals surface area contributed by atoms with Gasteiger partial charge in [-0.2, -0.15) is 0 Å². The topological polar surface area (TPSA) is 46.5 Å². The van der Waals surface area contributed by atoms with Crippen LogP contribution in [0.4, 0.5) is 0 Å². The highest BCUT2D eigenvalue weighted by Gasteiger charge is 2.48. The van der Waals surface area contributed by atoms with Crippen LogP contribution in [0.15, 0.2) is 12.1 Å². The Morgan fingerprint density at radius 1 is 1.16 bits per heavy atom. The van der Waals surface area contributed by atoms with Crippen molar-refractivity contribution in [1.82, 2.24) is 0 Å². The number of hydrogen-bond acceptors (Lipinski definition) is 2. The summed E-state index contributed by atoms with van der Waals surface area (Å²) < 4.78 is 5.48. The van der Waals surface area contributed by atoms with E-state index < -0.39 is 11.4 Å². The molecular weight excluding hydrogens is 240 g/mol. The Morgan fingerprint density at radius 3 is 2.26 bits per heavy atom. The van der Waals surface area contributed by atoms with Gasteiger partial charge in [-0.05, 0) is 55.7 Å². The summed E-state index contributed by atoms with van der Waals surface area (Å²) in [6.07, 6.45) is 7.05. The van der Waals surface area contributed by atoms with Gasteiger partial charge < -0.3 is 9.84 Å². The number of ether oxygens (including phenoxy) is 1. The zero-order valence-corrected chi connectivity index (χ0v) is 11.4. The molecule has 1 aromatic carbocycles. The molecule has 1 N–H and O–H groups in total. The summed E-state index contributed by atoms with van der Waals surface area (Å²) in [5.41, 5.74) is 2.87. The van der Waals surface area contributed by atoms with Gasteiger partial charge >= 0.3 is 5.97 Å². The number of aryl methyl sites for hydroxylation is 2. The zero-order valence-electron chi connectivity index (χ0n) is 11.4. The number of carboxylic acids is 1. The van der Waals surface area contributed by atoms with Crippen LogP contribution in [0.5, 0.6) is 5.75 Å². The molecule has 0 atom stereocenters. The van der Waals surface area contributed by atoms with Gasteiger partial charge in [0.25, 0.3) is 0 Å². The van der Waals surface area contributed by atoms with E-state index in [0.29, 0.717) is 0 Å². The van der Waals surface area contributed by atoms with Crippen LogP contribution in [0.1, 0.15) is 48.8 Å². The fraction of sp³-hybridized carbons (Fsp3) is 0.562. The third-order valence-corrected chi connectivity index (χ3v) is 4.80. The van der Waals surface area contributed by atoms with Gasteiger partial charge in [0, 0.05) is 5.56 Å². The molecule has 0 saturated heterocycles. The SMILES string of the molecule is COc1cc2c(cc1C1(C(=O)O)CCC1)CCCC2. The lowest BCUT2D eigenvalue weighted by atomic mass is 9.63. The first-order valence-electron chi connectivity index (χ1n) is 7.11. The number of aliphatic carboxylic acids is 1. The van der Waals surface area contributed by atoms with Crippen molar-refractivity contribution in [2.24, 2.45) is 0 Å². The Bertz CT molecular complexity index is 515. The van der Waals surface area contributed by atoms with E-state index in [2.05, 4.69) is 12.1 Å². The highest BCUT2D eigenvalue weighted by molar-refractivity contribution is 5.84. The molecular formula is C16H20O3.